The summed E-state index contributed by atoms with van der Waals surface area (Å²) < 4.78 is 6.99. The second-order valence-electron chi connectivity index (χ2n) is 2.82. The van der Waals surface area contributed by atoms with Gasteiger partial charge < -0.3 is 4.74 Å². The first kappa shape index (κ1) is 8.68. The lowest BCUT2D eigenvalue weighted by Crippen LogP contribution is -2.01. The lowest BCUT2D eigenvalue weighted by Gasteiger charge is -2.03. The molecule has 0 aliphatic carbocycles. The van der Waals surface area contributed by atoms with Crippen LogP contribution in [0.5, 0.6) is 5.88 Å². The first-order valence-electron chi connectivity index (χ1n) is 4.22. The molecule has 2 aromatic heterocycles. The summed E-state index contributed by atoms with van der Waals surface area (Å²) in [6.45, 7) is 5.86. The van der Waals surface area contributed by atoms with Crippen LogP contribution in [0.15, 0.2) is 25.2 Å². The summed E-state index contributed by atoms with van der Waals surface area (Å²) in [5.74, 6) is 0.488. The molecule has 2 heterocycles. The number of hydrogen-bond donors (Lipinski definition) is 0. The van der Waals surface area contributed by atoms with E-state index in [1.165, 1.54) is 6.33 Å². The van der Waals surface area contributed by atoms with Gasteiger partial charge in [-0.05, 0) is 6.92 Å². The standard InChI is InChI=1S/C9H10N4O/c1-3-4-14-9-8-10-6-11-13(8)5-7(2)12-9/h3,5-6H,1,4H2,2H3. The lowest BCUT2D eigenvalue weighted by atomic mass is 10.5. The van der Waals surface area contributed by atoms with E-state index >= 15 is 0 Å². The van der Waals surface area contributed by atoms with Crippen molar-refractivity contribution in [3.63, 3.8) is 0 Å². The third-order valence-corrected chi connectivity index (χ3v) is 1.69. The molecule has 0 saturated heterocycles. The predicted octanol–water partition coefficient (Wildman–Crippen LogP) is 0.998. The van der Waals surface area contributed by atoms with Crippen molar-refractivity contribution < 1.29 is 4.74 Å². The number of aryl methyl sites for hydroxylation is 1. The Morgan fingerprint density at radius 3 is 3.29 bits per heavy atom. The van der Waals surface area contributed by atoms with Gasteiger partial charge in [0.25, 0.3) is 5.88 Å². The zero-order chi connectivity index (χ0) is 9.97. The van der Waals surface area contributed by atoms with Crippen molar-refractivity contribution in [1.82, 2.24) is 19.6 Å². The van der Waals surface area contributed by atoms with Crippen molar-refractivity contribution in [1.29, 1.82) is 0 Å². The zero-order valence-electron chi connectivity index (χ0n) is 7.84. The zero-order valence-corrected chi connectivity index (χ0v) is 7.84. The summed E-state index contributed by atoms with van der Waals surface area (Å²) in [5, 5.41) is 4.01. The third-order valence-electron chi connectivity index (χ3n) is 1.69. The van der Waals surface area contributed by atoms with Crippen LogP contribution in [0.3, 0.4) is 0 Å². The largest absolute Gasteiger partial charge is 0.471 e. The Balaban J connectivity index is 2.49. The second-order valence-corrected chi connectivity index (χ2v) is 2.82. The third kappa shape index (κ3) is 1.44. The minimum Gasteiger partial charge on any atom is -0.471 e. The summed E-state index contributed by atoms with van der Waals surface area (Å²) in [5.41, 5.74) is 1.46. The highest BCUT2D eigenvalue weighted by molar-refractivity contribution is 5.47. The van der Waals surface area contributed by atoms with E-state index in [4.69, 9.17) is 4.74 Å². The van der Waals surface area contributed by atoms with Gasteiger partial charge in [-0.3, -0.25) is 0 Å². The van der Waals surface area contributed by atoms with E-state index in [-0.39, 0.29) is 0 Å². The molecule has 0 saturated carbocycles. The van der Waals surface area contributed by atoms with Crippen LogP contribution in [-0.2, 0) is 0 Å². The SMILES string of the molecule is C=CCOc1nc(C)cn2ncnc12. The normalized spacial score (nSPS) is 10.4. The molecule has 0 aliphatic heterocycles. The molecule has 2 rings (SSSR count). The van der Waals surface area contributed by atoms with Crippen molar-refractivity contribution >= 4 is 5.65 Å². The molecule has 0 unspecified atom stereocenters. The maximum absolute atomic E-state index is 5.36. The molecule has 5 heteroatoms. The first-order valence-corrected chi connectivity index (χ1v) is 4.22. The molecule has 0 aromatic carbocycles. The van der Waals surface area contributed by atoms with Crippen LogP contribution in [-0.4, -0.2) is 26.2 Å². The Hall–Kier alpha value is -1.91. The minimum absolute atomic E-state index is 0.416. The molecular weight excluding hydrogens is 180 g/mol. The van der Waals surface area contributed by atoms with Gasteiger partial charge in [0.15, 0.2) is 0 Å². The first-order chi connectivity index (χ1) is 6.81. The molecule has 0 fully saturated rings. The average Bonchev–Trinajstić information content (AvgIpc) is 2.61. The van der Waals surface area contributed by atoms with Crippen molar-refractivity contribution in [3.05, 3.63) is 30.9 Å². The van der Waals surface area contributed by atoms with E-state index in [1.807, 2.05) is 6.92 Å². The summed E-state index contributed by atoms with van der Waals surface area (Å²) in [4.78, 5) is 8.26. The van der Waals surface area contributed by atoms with Crippen LogP contribution in [0, 0.1) is 6.92 Å². The summed E-state index contributed by atoms with van der Waals surface area (Å²) in [7, 11) is 0. The van der Waals surface area contributed by atoms with E-state index in [0.29, 0.717) is 18.1 Å². The Kier molecular flexibility index (Phi) is 2.14. The van der Waals surface area contributed by atoms with Crippen molar-refractivity contribution in [3.8, 4) is 5.88 Å². The Bertz CT molecular complexity index is 463. The van der Waals surface area contributed by atoms with Crippen LogP contribution >= 0.6 is 0 Å². The van der Waals surface area contributed by atoms with E-state index in [1.54, 1.807) is 16.8 Å². The van der Waals surface area contributed by atoms with Crippen LogP contribution in [0.25, 0.3) is 5.65 Å². The van der Waals surface area contributed by atoms with Crippen molar-refractivity contribution in [2.45, 2.75) is 6.92 Å². The fraction of sp³-hybridized carbons (Fsp3) is 0.222. The highest BCUT2D eigenvalue weighted by Gasteiger charge is 2.06. The van der Waals surface area contributed by atoms with Gasteiger partial charge >= 0.3 is 0 Å². The highest BCUT2D eigenvalue weighted by atomic mass is 16.5. The molecule has 0 radical (unpaired) electrons. The topological polar surface area (TPSA) is 52.3 Å². The van der Waals surface area contributed by atoms with Crippen LogP contribution < -0.4 is 4.74 Å². The fourth-order valence-electron chi connectivity index (χ4n) is 1.15. The summed E-state index contributed by atoms with van der Waals surface area (Å²) in [6.07, 6.45) is 4.93. The molecule has 0 spiro atoms. The molecule has 0 amide bonds. The van der Waals surface area contributed by atoms with Gasteiger partial charge in [0.2, 0.25) is 5.65 Å². The number of ether oxygens (including phenoxy) is 1. The van der Waals surface area contributed by atoms with E-state index < -0.39 is 0 Å². The maximum Gasteiger partial charge on any atom is 0.260 e. The average molecular weight is 190 g/mol. The van der Waals surface area contributed by atoms with Crippen molar-refractivity contribution in [2.24, 2.45) is 0 Å². The van der Waals surface area contributed by atoms with E-state index in [2.05, 4.69) is 21.6 Å². The smallest absolute Gasteiger partial charge is 0.260 e. The van der Waals surface area contributed by atoms with Gasteiger partial charge in [-0.1, -0.05) is 12.7 Å². The van der Waals surface area contributed by atoms with Crippen molar-refractivity contribution in [2.75, 3.05) is 6.61 Å². The van der Waals surface area contributed by atoms with Crippen LogP contribution in [0.1, 0.15) is 5.69 Å². The van der Waals surface area contributed by atoms with Gasteiger partial charge in [0.1, 0.15) is 12.9 Å². The summed E-state index contributed by atoms with van der Waals surface area (Å²) >= 11 is 0. The lowest BCUT2D eigenvalue weighted by molar-refractivity contribution is 0.349. The second kappa shape index (κ2) is 3.45. The van der Waals surface area contributed by atoms with E-state index in [0.717, 1.165) is 5.69 Å². The van der Waals surface area contributed by atoms with Crippen LogP contribution in [0.2, 0.25) is 0 Å². The number of nitrogens with zero attached hydrogens (tertiary/aromatic N) is 4. The number of fused-ring (bicyclic) bond motifs is 1. The predicted molar refractivity (Wildman–Crippen MR) is 51.2 cm³/mol. The van der Waals surface area contributed by atoms with Gasteiger partial charge in [0.05, 0.1) is 11.9 Å². The summed E-state index contributed by atoms with van der Waals surface area (Å²) in [6, 6.07) is 0. The van der Waals surface area contributed by atoms with Crippen LogP contribution in [0.4, 0.5) is 0 Å². The molecule has 5 nitrogen and oxygen atoms in total. The number of rotatable bonds is 3. The molecule has 72 valence electrons. The monoisotopic (exact) mass is 190 g/mol. The quantitative estimate of drug-likeness (QED) is 0.677. The number of hydrogen-bond acceptors (Lipinski definition) is 4. The molecule has 14 heavy (non-hydrogen) atoms. The Labute approximate surface area is 81.1 Å². The minimum atomic E-state index is 0.416. The Morgan fingerprint density at radius 2 is 2.50 bits per heavy atom. The molecule has 0 bridgehead atoms. The molecular formula is C9H10N4O. The molecule has 0 atom stereocenters. The van der Waals surface area contributed by atoms with Gasteiger partial charge in [-0.15, -0.1) is 0 Å². The molecule has 2 aromatic rings. The fourth-order valence-corrected chi connectivity index (χ4v) is 1.15. The molecule has 0 N–H and O–H groups in total. The number of aromatic nitrogens is 4. The maximum atomic E-state index is 5.36. The van der Waals surface area contributed by atoms with Gasteiger partial charge in [-0.25, -0.2) is 14.5 Å². The van der Waals surface area contributed by atoms with Gasteiger partial charge in [0, 0.05) is 0 Å². The Morgan fingerprint density at radius 1 is 1.64 bits per heavy atom. The highest BCUT2D eigenvalue weighted by Crippen LogP contribution is 2.14. The van der Waals surface area contributed by atoms with E-state index in [9.17, 15) is 0 Å². The van der Waals surface area contributed by atoms with Gasteiger partial charge in [-0.2, -0.15) is 5.10 Å². The molecule has 0 aliphatic rings.